The molecule has 1 aromatic rings. The highest BCUT2D eigenvalue weighted by atomic mass is 32.2. The Morgan fingerprint density at radius 1 is 1.00 bits per heavy atom. The normalized spacial score (nSPS) is 12.8. The Morgan fingerprint density at radius 3 is 1.95 bits per heavy atom. The lowest BCUT2D eigenvalue weighted by molar-refractivity contribution is -0.131. The highest BCUT2D eigenvalue weighted by Crippen LogP contribution is 2.24. The van der Waals surface area contributed by atoms with Crippen LogP contribution >= 0.6 is 11.8 Å². The summed E-state index contributed by atoms with van der Waals surface area (Å²) < 4.78 is 0. The minimum absolute atomic E-state index is 0.0325. The van der Waals surface area contributed by atoms with E-state index in [0.717, 1.165) is 18.0 Å². The van der Waals surface area contributed by atoms with E-state index in [1.165, 1.54) is 0 Å². The highest BCUT2D eigenvalue weighted by Gasteiger charge is 2.22. The van der Waals surface area contributed by atoms with Gasteiger partial charge in [0, 0.05) is 18.0 Å². The van der Waals surface area contributed by atoms with Gasteiger partial charge in [-0.2, -0.15) is 0 Å². The van der Waals surface area contributed by atoms with Crippen molar-refractivity contribution in [3.8, 4) is 0 Å². The second-order valence-electron chi connectivity index (χ2n) is 6.10. The summed E-state index contributed by atoms with van der Waals surface area (Å²) in [5, 5.41) is -0.0325. The quantitative estimate of drug-likeness (QED) is 0.698. The molecule has 0 N–H and O–H groups in total. The first-order valence-corrected chi connectivity index (χ1v) is 8.28. The SMILES string of the molecule is CC(C)CN(CC(C)C)C(=O)C(C)Sc1ccccc1. The number of hydrogen-bond donors (Lipinski definition) is 0. The first kappa shape index (κ1) is 17.1. The molecular formula is C17H27NOS. The summed E-state index contributed by atoms with van der Waals surface area (Å²) >= 11 is 1.64. The standard InChI is InChI=1S/C17H27NOS/c1-13(2)11-18(12-14(3)4)17(19)15(5)20-16-9-7-6-8-10-16/h6-10,13-15H,11-12H2,1-5H3. The lowest BCUT2D eigenvalue weighted by Gasteiger charge is -2.28. The third-order valence-electron chi connectivity index (χ3n) is 2.89. The minimum atomic E-state index is -0.0325. The number of carbonyl (C=O) groups excluding carboxylic acids is 1. The molecule has 1 amide bonds. The van der Waals surface area contributed by atoms with Crippen molar-refractivity contribution in [2.75, 3.05) is 13.1 Å². The monoisotopic (exact) mass is 293 g/mol. The fourth-order valence-electron chi connectivity index (χ4n) is 2.15. The van der Waals surface area contributed by atoms with Crippen LogP contribution in [0.2, 0.25) is 0 Å². The van der Waals surface area contributed by atoms with E-state index >= 15 is 0 Å². The average molecular weight is 293 g/mol. The summed E-state index contributed by atoms with van der Waals surface area (Å²) in [6.45, 7) is 12.3. The number of rotatable bonds is 7. The van der Waals surface area contributed by atoms with E-state index in [9.17, 15) is 4.79 Å². The zero-order valence-electron chi connectivity index (χ0n) is 13.3. The van der Waals surface area contributed by atoms with Crippen LogP contribution in [0.5, 0.6) is 0 Å². The summed E-state index contributed by atoms with van der Waals surface area (Å²) in [5.41, 5.74) is 0. The molecule has 0 aliphatic carbocycles. The smallest absolute Gasteiger partial charge is 0.235 e. The molecule has 0 aliphatic rings. The van der Waals surface area contributed by atoms with Crippen LogP contribution in [-0.2, 0) is 4.79 Å². The van der Waals surface area contributed by atoms with Crippen LogP contribution in [-0.4, -0.2) is 29.1 Å². The maximum absolute atomic E-state index is 12.6. The van der Waals surface area contributed by atoms with Crippen LogP contribution < -0.4 is 0 Å². The van der Waals surface area contributed by atoms with E-state index in [0.29, 0.717) is 11.8 Å². The molecule has 1 unspecified atom stereocenters. The Hall–Kier alpha value is -0.960. The minimum Gasteiger partial charge on any atom is -0.341 e. The Balaban J connectivity index is 2.67. The molecule has 0 heterocycles. The number of amides is 1. The van der Waals surface area contributed by atoms with Gasteiger partial charge in [0.1, 0.15) is 0 Å². The molecule has 0 fully saturated rings. The summed E-state index contributed by atoms with van der Waals surface area (Å²) in [4.78, 5) is 15.8. The third kappa shape index (κ3) is 6.00. The van der Waals surface area contributed by atoms with Gasteiger partial charge in [-0.3, -0.25) is 4.79 Å². The maximum atomic E-state index is 12.6. The molecule has 2 nitrogen and oxygen atoms in total. The van der Waals surface area contributed by atoms with Crippen LogP contribution in [0.15, 0.2) is 35.2 Å². The molecule has 0 radical (unpaired) electrons. The van der Waals surface area contributed by atoms with Gasteiger partial charge in [0.2, 0.25) is 5.91 Å². The molecule has 0 aromatic heterocycles. The Morgan fingerprint density at radius 2 is 1.50 bits per heavy atom. The van der Waals surface area contributed by atoms with Gasteiger partial charge >= 0.3 is 0 Å². The van der Waals surface area contributed by atoms with Gasteiger partial charge in [0.15, 0.2) is 0 Å². The first-order chi connectivity index (χ1) is 9.40. The Bertz CT molecular complexity index is 393. The molecular weight excluding hydrogens is 266 g/mol. The molecule has 1 rings (SSSR count). The van der Waals surface area contributed by atoms with Crippen LogP contribution in [0, 0.1) is 11.8 Å². The van der Waals surface area contributed by atoms with Crippen molar-refractivity contribution in [3.05, 3.63) is 30.3 Å². The van der Waals surface area contributed by atoms with Crippen molar-refractivity contribution >= 4 is 17.7 Å². The Kier molecular flexibility index (Phi) is 7.14. The van der Waals surface area contributed by atoms with Crippen molar-refractivity contribution in [2.45, 2.75) is 44.8 Å². The van der Waals surface area contributed by atoms with Gasteiger partial charge in [-0.05, 0) is 30.9 Å². The maximum Gasteiger partial charge on any atom is 0.235 e. The van der Waals surface area contributed by atoms with E-state index < -0.39 is 0 Å². The van der Waals surface area contributed by atoms with Gasteiger partial charge in [-0.15, -0.1) is 11.8 Å². The van der Waals surface area contributed by atoms with Gasteiger partial charge in [0.05, 0.1) is 5.25 Å². The first-order valence-electron chi connectivity index (χ1n) is 7.40. The topological polar surface area (TPSA) is 20.3 Å². The fraction of sp³-hybridized carbons (Fsp3) is 0.588. The number of thioether (sulfide) groups is 1. The number of hydrogen-bond acceptors (Lipinski definition) is 2. The molecule has 3 heteroatoms. The van der Waals surface area contributed by atoms with E-state index in [2.05, 4.69) is 39.8 Å². The molecule has 0 saturated carbocycles. The Labute approximate surface area is 127 Å². The van der Waals surface area contributed by atoms with E-state index in [1.54, 1.807) is 11.8 Å². The number of benzene rings is 1. The van der Waals surface area contributed by atoms with Crippen molar-refractivity contribution in [3.63, 3.8) is 0 Å². The second-order valence-corrected chi connectivity index (χ2v) is 7.52. The van der Waals surface area contributed by atoms with Gasteiger partial charge < -0.3 is 4.90 Å². The van der Waals surface area contributed by atoms with Crippen molar-refractivity contribution in [1.82, 2.24) is 4.90 Å². The second kappa shape index (κ2) is 8.35. The van der Waals surface area contributed by atoms with Crippen LogP contribution in [0.4, 0.5) is 0 Å². The molecule has 20 heavy (non-hydrogen) atoms. The zero-order chi connectivity index (χ0) is 15.1. The summed E-state index contributed by atoms with van der Waals surface area (Å²) in [7, 11) is 0. The molecule has 1 aromatic carbocycles. The van der Waals surface area contributed by atoms with E-state index in [-0.39, 0.29) is 11.2 Å². The average Bonchev–Trinajstić information content (AvgIpc) is 2.37. The van der Waals surface area contributed by atoms with Gasteiger partial charge in [-0.25, -0.2) is 0 Å². The zero-order valence-corrected chi connectivity index (χ0v) is 14.1. The molecule has 1 atom stereocenters. The largest absolute Gasteiger partial charge is 0.341 e. The lowest BCUT2D eigenvalue weighted by Crippen LogP contribution is -2.41. The van der Waals surface area contributed by atoms with E-state index in [4.69, 9.17) is 0 Å². The summed E-state index contributed by atoms with van der Waals surface area (Å²) in [6.07, 6.45) is 0. The molecule has 112 valence electrons. The highest BCUT2D eigenvalue weighted by molar-refractivity contribution is 8.00. The molecule has 0 aliphatic heterocycles. The number of carbonyl (C=O) groups is 1. The predicted octanol–water partition coefficient (Wildman–Crippen LogP) is 4.31. The fourth-order valence-corrected chi connectivity index (χ4v) is 3.12. The van der Waals surface area contributed by atoms with Crippen LogP contribution in [0.1, 0.15) is 34.6 Å². The summed E-state index contributed by atoms with van der Waals surface area (Å²) in [6, 6.07) is 10.1. The third-order valence-corrected chi connectivity index (χ3v) is 3.99. The van der Waals surface area contributed by atoms with E-state index in [1.807, 2.05) is 30.0 Å². The van der Waals surface area contributed by atoms with Crippen LogP contribution in [0.25, 0.3) is 0 Å². The molecule has 0 spiro atoms. The molecule has 0 saturated heterocycles. The van der Waals surface area contributed by atoms with Crippen molar-refractivity contribution in [1.29, 1.82) is 0 Å². The predicted molar refractivity (Wildman–Crippen MR) is 88.0 cm³/mol. The number of nitrogens with zero attached hydrogens (tertiary/aromatic N) is 1. The van der Waals surface area contributed by atoms with Crippen molar-refractivity contribution < 1.29 is 4.79 Å². The summed E-state index contributed by atoms with van der Waals surface area (Å²) in [5.74, 6) is 1.26. The lowest BCUT2D eigenvalue weighted by atomic mass is 10.1. The van der Waals surface area contributed by atoms with Crippen molar-refractivity contribution in [2.24, 2.45) is 11.8 Å². The molecule has 0 bridgehead atoms. The van der Waals surface area contributed by atoms with Gasteiger partial charge in [-0.1, -0.05) is 45.9 Å². The van der Waals surface area contributed by atoms with Gasteiger partial charge in [0.25, 0.3) is 0 Å². The van der Waals surface area contributed by atoms with Crippen LogP contribution in [0.3, 0.4) is 0 Å².